The van der Waals surface area contributed by atoms with Gasteiger partial charge in [-0.3, -0.25) is 14.9 Å². The highest BCUT2D eigenvalue weighted by Gasteiger charge is 2.22. The number of thioether (sulfide) groups is 1. The number of carbonyl (C=O) groups excluding carboxylic acids is 1. The van der Waals surface area contributed by atoms with Crippen molar-refractivity contribution in [2.24, 2.45) is 0 Å². The van der Waals surface area contributed by atoms with Crippen LogP contribution in [0.4, 0.5) is 11.4 Å². The quantitative estimate of drug-likeness (QED) is 0.459. The third-order valence-electron chi connectivity index (χ3n) is 4.42. The predicted molar refractivity (Wildman–Crippen MR) is 97.3 cm³/mol. The van der Waals surface area contributed by atoms with Gasteiger partial charge in [-0.05, 0) is 25.3 Å². The molecule has 1 aromatic heterocycles. The molecule has 3 rings (SSSR count). The number of nitro benzene ring substituents is 1. The number of hydrogen-bond donors (Lipinski definition) is 1. The van der Waals surface area contributed by atoms with Crippen molar-refractivity contribution in [2.75, 3.05) is 11.1 Å². The van der Waals surface area contributed by atoms with Gasteiger partial charge in [0.25, 0.3) is 10.9 Å². The summed E-state index contributed by atoms with van der Waals surface area (Å²) in [6, 6.07) is 4.66. The second kappa shape index (κ2) is 8.31. The zero-order chi connectivity index (χ0) is 18.5. The Labute approximate surface area is 154 Å². The molecule has 1 aliphatic rings. The van der Waals surface area contributed by atoms with Crippen LogP contribution in [-0.4, -0.2) is 26.8 Å². The lowest BCUT2D eigenvalue weighted by molar-refractivity contribution is -0.384. The van der Waals surface area contributed by atoms with Crippen molar-refractivity contribution in [1.82, 2.24) is 10.2 Å². The van der Waals surface area contributed by atoms with E-state index in [0.717, 1.165) is 24.6 Å². The molecule has 0 unspecified atom stereocenters. The van der Waals surface area contributed by atoms with Crippen molar-refractivity contribution in [2.45, 2.75) is 50.2 Å². The molecule has 1 fully saturated rings. The number of para-hydroxylation sites is 1. The van der Waals surface area contributed by atoms with Gasteiger partial charge in [-0.25, -0.2) is 0 Å². The van der Waals surface area contributed by atoms with E-state index in [9.17, 15) is 14.9 Å². The van der Waals surface area contributed by atoms with E-state index in [4.69, 9.17) is 4.42 Å². The number of aromatic nitrogens is 2. The molecule has 9 heteroatoms. The molecule has 8 nitrogen and oxygen atoms in total. The van der Waals surface area contributed by atoms with Crippen molar-refractivity contribution < 1.29 is 14.1 Å². The van der Waals surface area contributed by atoms with Crippen LogP contribution in [0.1, 0.15) is 49.5 Å². The molecule has 26 heavy (non-hydrogen) atoms. The molecule has 1 N–H and O–H groups in total. The predicted octanol–water partition coefficient (Wildman–Crippen LogP) is 4.06. The largest absolute Gasteiger partial charge is 0.416 e. The van der Waals surface area contributed by atoms with Crippen LogP contribution in [-0.2, 0) is 4.79 Å². The highest BCUT2D eigenvalue weighted by molar-refractivity contribution is 7.99. The van der Waals surface area contributed by atoms with Crippen molar-refractivity contribution in [1.29, 1.82) is 0 Å². The van der Waals surface area contributed by atoms with Crippen LogP contribution in [0.5, 0.6) is 0 Å². The van der Waals surface area contributed by atoms with Crippen molar-refractivity contribution in [3.63, 3.8) is 0 Å². The minimum atomic E-state index is -0.510. The van der Waals surface area contributed by atoms with E-state index in [1.807, 2.05) is 0 Å². The second-order valence-electron chi connectivity index (χ2n) is 6.30. The number of rotatable bonds is 6. The van der Waals surface area contributed by atoms with Gasteiger partial charge in [-0.15, -0.1) is 10.2 Å². The van der Waals surface area contributed by atoms with Gasteiger partial charge in [0.15, 0.2) is 0 Å². The molecule has 2 aromatic rings. The zero-order valence-corrected chi connectivity index (χ0v) is 15.3. The van der Waals surface area contributed by atoms with Crippen LogP contribution >= 0.6 is 11.8 Å². The average molecular weight is 376 g/mol. The van der Waals surface area contributed by atoms with Gasteiger partial charge in [0, 0.05) is 12.0 Å². The number of nitrogens with zero attached hydrogens (tertiary/aromatic N) is 3. The Bertz CT molecular complexity index is 802. The van der Waals surface area contributed by atoms with Gasteiger partial charge in [0.1, 0.15) is 5.69 Å². The first-order valence-corrected chi connectivity index (χ1v) is 9.53. The molecule has 1 amide bonds. The van der Waals surface area contributed by atoms with Crippen LogP contribution in [0.2, 0.25) is 0 Å². The van der Waals surface area contributed by atoms with Crippen molar-refractivity contribution in [3.05, 3.63) is 39.8 Å². The zero-order valence-electron chi connectivity index (χ0n) is 14.4. The summed E-state index contributed by atoms with van der Waals surface area (Å²) in [5, 5.41) is 22.1. The van der Waals surface area contributed by atoms with E-state index in [-0.39, 0.29) is 23.0 Å². The lowest BCUT2D eigenvalue weighted by Crippen LogP contribution is -2.16. The Kier molecular flexibility index (Phi) is 5.87. The van der Waals surface area contributed by atoms with Crippen LogP contribution in [0.25, 0.3) is 0 Å². The minimum Gasteiger partial charge on any atom is -0.416 e. The highest BCUT2D eigenvalue weighted by Crippen LogP contribution is 2.33. The molecule has 0 spiro atoms. The minimum absolute atomic E-state index is 0.0395. The van der Waals surface area contributed by atoms with Crippen LogP contribution in [0, 0.1) is 17.0 Å². The highest BCUT2D eigenvalue weighted by atomic mass is 32.2. The van der Waals surface area contributed by atoms with Gasteiger partial charge in [-0.1, -0.05) is 43.2 Å². The average Bonchev–Trinajstić information content (AvgIpc) is 3.11. The summed E-state index contributed by atoms with van der Waals surface area (Å²) in [5.74, 6) is 0.638. The van der Waals surface area contributed by atoms with E-state index in [0.29, 0.717) is 22.6 Å². The van der Waals surface area contributed by atoms with Gasteiger partial charge in [-0.2, -0.15) is 0 Å². The van der Waals surface area contributed by atoms with Gasteiger partial charge >= 0.3 is 0 Å². The fourth-order valence-electron chi connectivity index (χ4n) is 3.06. The lowest BCUT2D eigenvalue weighted by atomic mass is 9.89. The van der Waals surface area contributed by atoms with Gasteiger partial charge in [0.2, 0.25) is 11.8 Å². The Hall–Kier alpha value is -2.42. The molecule has 0 saturated heterocycles. The Morgan fingerprint density at radius 1 is 1.35 bits per heavy atom. The Morgan fingerprint density at radius 2 is 2.12 bits per heavy atom. The number of benzene rings is 1. The summed E-state index contributed by atoms with van der Waals surface area (Å²) in [6.45, 7) is 1.71. The second-order valence-corrected chi connectivity index (χ2v) is 7.23. The Balaban J connectivity index is 1.58. The number of hydrogen-bond acceptors (Lipinski definition) is 7. The Morgan fingerprint density at radius 3 is 2.85 bits per heavy atom. The molecule has 1 saturated carbocycles. The maximum atomic E-state index is 12.2. The smallest absolute Gasteiger partial charge is 0.293 e. The standard InChI is InChI=1S/C17H20N4O4S/c1-11-6-5-9-13(21(23)24)15(11)18-14(22)10-26-17-20-19-16(25-17)12-7-3-2-4-8-12/h5-6,9,12H,2-4,7-8,10H2,1H3,(H,18,22). The number of anilines is 1. The number of aryl methyl sites for hydroxylation is 1. The molecule has 138 valence electrons. The van der Waals surface area contributed by atoms with E-state index < -0.39 is 4.92 Å². The SMILES string of the molecule is Cc1cccc([N+](=O)[O-])c1NC(=O)CSc1nnc(C2CCCCC2)o1. The fraction of sp³-hybridized carbons (Fsp3) is 0.471. The normalized spacial score (nSPS) is 15.0. The van der Waals surface area contributed by atoms with E-state index in [1.54, 1.807) is 19.1 Å². The molecular formula is C17H20N4O4S. The number of carbonyl (C=O) groups is 1. The van der Waals surface area contributed by atoms with Crippen molar-refractivity contribution >= 4 is 29.0 Å². The molecule has 0 aliphatic heterocycles. The van der Waals surface area contributed by atoms with E-state index >= 15 is 0 Å². The first-order chi connectivity index (χ1) is 12.5. The molecule has 0 radical (unpaired) electrons. The summed E-state index contributed by atoms with van der Waals surface area (Å²) in [5.41, 5.74) is 0.729. The number of nitro groups is 1. The molecule has 0 atom stereocenters. The number of nitrogens with one attached hydrogen (secondary N) is 1. The third-order valence-corrected chi connectivity index (χ3v) is 5.23. The van der Waals surface area contributed by atoms with Gasteiger partial charge in [0.05, 0.1) is 10.7 Å². The van der Waals surface area contributed by atoms with Crippen LogP contribution in [0.15, 0.2) is 27.8 Å². The summed E-state index contributed by atoms with van der Waals surface area (Å²) >= 11 is 1.13. The van der Waals surface area contributed by atoms with E-state index in [1.165, 1.54) is 25.3 Å². The summed E-state index contributed by atoms with van der Waals surface area (Å²) < 4.78 is 5.66. The first kappa shape index (κ1) is 18.4. The number of amides is 1. The molecular weight excluding hydrogens is 356 g/mol. The maximum absolute atomic E-state index is 12.2. The summed E-state index contributed by atoms with van der Waals surface area (Å²) in [6.07, 6.45) is 5.71. The molecule has 1 aromatic carbocycles. The van der Waals surface area contributed by atoms with Crippen LogP contribution in [0.3, 0.4) is 0 Å². The summed E-state index contributed by atoms with van der Waals surface area (Å²) in [7, 11) is 0. The molecule has 1 heterocycles. The lowest BCUT2D eigenvalue weighted by Gasteiger charge is -2.17. The first-order valence-electron chi connectivity index (χ1n) is 8.54. The molecule has 1 aliphatic carbocycles. The van der Waals surface area contributed by atoms with Crippen LogP contribution < -0.4 is 5.32 Å². The molecule has 0 bridgehead atoms. The summed E-state index contributed by atoms with van der Waals surface area (Å²) in [4.78, 5) is 22.8. The maximum Gasteiger partial charge on any atom is 0.293 e. The van der Waals surface area contributed by atoms with E-state index in [2.05, 4.69) is 15.5 Å². The topological polar surface area (TPSA) is 111 Å². The third kappa shape index (κ3) is 4.40. The van der Waals surface area contributed by atoms with Gasteiger partial charge < -0.3 is 9.73 Å². The monoisotopic (exact) mass is 376 g/mol. The fourth-order valence-corrected chi connectivity index (χ4v) is 3.63. The van der Waals surface area contributed by atoms with Crippen molar-refractivity contribution in [3.8, 4) is 0 Å².